The van der Waals surface area contributed by atoms with Gasteiger partial charge in [0, 0.05) is 22.2 Å². The summed E-state index contributed by atoms with van der Waals surface area (Å²) >= 11 is 11.9. The molecule has 2 rings (SSSR count). The van der Waals surface area contributed by atoms with Crippen molar-refractivity contribution < 1.29 is 4.79 Å². The second-order valence-electron chi connectivity index (χ2n) is 4.84. The van der Waals surface area contributed by atoms with Crippen molar-refractivity contribution in [1.82, 2.24) is 5.32 Å². The van der Waals surface area contributed by atoms with Gasteiger partial charge in [-0.2, -0.15) is 0 Å². The highest BCUT2D eigenvalue weighted by molar-refractivity contribution is 6.35. The van der Waals surface area contributed by atoms with E-state index < -0.39 is 0 Å². The second kappa shape index (κ2) is 6.97. The van der Waals surface area contributed by atoms with E-state index in [9.17, 15) is 4.79 Å². The van der Waals surface area contributed by atoms with Crippen molar-refractivity contribution in [2.75, 3.05) is 0 Å². The van der Waals surface area contributed by atoms with Crippen molar-refractivity contribution in [1.29, 1.82) is 0 Å². The van der Waals surface area contributed by atoms with Crippen LogP contribution in [0.15, 0.2) is 24.3 Å². The molecule has 0 aliphatic heterocycles. The Balaban J connectivity index is 1.92. The Morgan fingerprint density at radius 1 is 1.21 bits per heavy atom. The lowest BCUT2D eigenvalue weighted by Gasteiger charge is -2.21. The first kappa shape index (κ1) is 14.4. The van der Waals surface area contributed by atoms with E-state index in [1.807, 2.05) is 0 Å². The summed E-state index contributed by atoms with van der Waals surface area (Å²) in [5, 5.41) is 4.17. The van der Waals surface area contributed by atoms with Crippen molar-refractivity contribution in [3.05, 3.63) is 39.9 Å². The summed E-state index contributed by atoms with van der Waals surface area (Å²) in [6, 6.07) is 5.55. The SMILES string of the molecule is O=C(C=Cc1ccc(Cl)cc1Cl)NC1CCCCC1. The van der Waals surface area contributed by atoms with Crippen LogP contribution in [-0.4, -0.2) is 11.9 Å². The summed E-state index contributed by atoms with van der Waals surface area (Å²) in [5.74, 6) is -0.0575. The molecule has 2 nitrogen and oxygen atoms in total. The maximum Gasteiger partial charge on any atom is 0.244 e. The summed E-state index contributed by atoms with van der Waals surface area (Å²) in [6.07, 6.45) is 9.11. The van der Waals surface area contributed by atoms with Gasteiger partial charge in [-0.25, -0.2) is 0 Å². The highest BCUT2D eigenvalue weighted by atomic mass is 35.5. The molecule has 1 aromatic carbocycles. The Morgan fingerprint density at radius 2 is 1.95 bits per heavy atom. The van der Waals surface area contributed by atoms with Crippen molar-refractivity contribution in [3.8, 4) is 0 Å². The molecule has 1 aromatic rings. The smallest absolute Gasteiger partial charge is 0.244 e. The van der Waals surface area contributed by atoms with Crippen LogP contribution in [0, 0.1) is 0 Å². The van der Waals surface area contributed by atoms with E-state index in [1.54, 1.807) is 24.3 Å². The third kappa shape index (κ3) is 4.55. The van der Waals surface area contributed by atoms with Crippen LogP contribution in [0.3, 0.4) is 0 Å². The van der Waals surface area contributed by atoms with Gasteiger partial charge in [0.25, 0.3) is 0 Å². The molecule has 4 heteroatoms. The molecule has 0 atom stereocenters. The predicted octanol–water partition coefficient (Wildman–Crippen LogP) is 4.46. The number of hydrogen-bond donors (Lipinski definition) is 1. The van der Waals surface area contributed by atoms with Crippen LogP contribution in [0.25, 0.3) is 6.08 Å². The van der Waals surface area contributed by atoms with Gasteiger partial charge in [0.1, 0.15) is 0 Å². The fraction of sp³-hybridized carbons (Fsp3) is 0.400. The average molecular weight is 298 g/mol. The monoisotopic (exact) mass is 297 g/mol. The topological polar surface area (TPSA) is 29.1 Å². The second-order valence-corrected chi connectivity index (χ2v) is 5.69. The predicted molar refractivity (Wildman–Crippen MR) is 80.5 cm³/mol. The number of carbonyl (C=O) groups excluding carboxylic acids is 1. The van der Waals surface area contributed by atoms with Crippen LogP contribution in [-0.2, 0) is 4.79 Å². The zero-order valence-corrected chi connectivity index (χ0v) is 12.2. The molecule has 1 aliphatic rings. The molecule has 1 aliphatic carbocycles. The van der Waals surface area contributed by atoms with E-state index >= 15 is 0 Å². The molecule has 0 saturated heterocycles. The van der Waals surface area contributed by atoms with Gasteiger partial charge in [-0.15, -0.1) is 0 Å². The molecule has 1 saturated carbocycles. The first-order valence-corrected chi connectivity index (χ1v) is 7.34. The van der Waals surface area contributed by atoms with Gasteiger partial charge in [0.05, 0.1) is 0 Å². The van der Waals surface area contributed by atoms with Crippen LogP contribution in [0.5, 0.6) is 0 Å². The molecule has 0 heterocycles. The fourth-order valence-corrected chi connectivity index (χ4v) is 2.77. The lowest BCUT2D eigenvalue weighted by Crippen LogP contribution is -2.34. The molecule has 1 amide bonds. The van der Waals surface area contributed by atoms with Crippen LogP contribution < -0.4 is 5.32 Å². The van der Waals surface area contributed by atoms with Gasteiger partial charge >= 0.3 is 0 Å². The molecule has 1 fully saturated rings. The number of hydrogen-bond acceptors (Lipinski definition) is 1. The van der Waals surface area contributed by atoms with Crippen LogP contribution in [0.2, 0.25) is 10.0 Å². The van der Waals surface area contributed by atoms with E-state index in [-0.39, 0.29) is 5.91 Å². The zero-order valence-electron chi connectivity index (χ0n) is 10.7. The Labute approximate surface area is 123 Å². The quantitative estimate of drug-likeness (QED) is 0.820. The van der Waals surface area contributed by atoms with E-state index in [0.29, 0.717) is 16.1 Å². The Bertz CT molecular complexity index is 479. The number of carbonyl (C=O) groups is 1. The molecule has 0 aromatic heterocycles. The molecule has 1 N–H and O–H groups in total. The van der Waals surface area contributed by atoms with E-state index in [4.69, 9.17) is 23.2 Å². The largest absolute Gasteiger partial charge is 0.350 e. The van der Waals surface area contributed by atoms with Gasteiger partial charge in [-0.1, -0.05) is 48.5 Å². The molecule has 0 unspecified atom stereocenters. The van der Waals surface area contributed by atoms with E-state index in [0.717, 1.165) is 18.4 Å². The third-order valence-electron chi connectivity index (χ3n) is 3.33. The molecule has 0 radical (unpaired) electrons. The van der Waals surface area contributed by atoms with Crippen molar-refractivity contribution in [2.45, 2.75) is 38.1 Å². The Hall–Kier alpha value is -0.990. The number of nitrogens with one attached hydrogen (secondary N) is 1. The standard InChI is InChI=1S/C15H17Cl2NO/c16-12-8-6-11(14(17)10-12)7-9-15(19)18-13-4-2-1-3-5-13/h6-10,13H,1-5H2,(H,18,19). The minimum Gasteiger partial charge on any atom is -0.350 e. The maximum absolute atomic E-state index is 11.8. The minimum absolute atomic E-state index is 0.0575. The van der Waals surface area contributed by atoms with Gasteiger partial charge in [0.2, 0.25) is 5.91 Å². The zero-order chi connectivity index (χ0) is 13.7. The molecule has 0 bridgehead atoms. The number of rotatable bonds is 3. The normalized spacial score (nSPS) is 16.7. The number of halogens is 2. The summed E-state index contributed by atoms with van der Waals surface area (Å²) in [7, 11) is 0. The molecule has 0 spiro atoms. The van der Waals surface area contributed by atoms with Gasteiger partial charge < -0.3 is 5.32 Å². The molecular formula is C15H17Cl2NO. The summed E-state index contributed by atoms with van der Waals surface area (Å²) in [6.45, 7) is 0. The van der Waals surface area contributed by atoms with E-state index in [1.165, 1.54) is 25.3 Å². The summed E-state index contributed by atoms with van der Waals surface area (Å²) in [4.78, 5) is 11.8. The Kier molecular flexibility index (Phi) is 5.29. The highest BCUT2D eigenvalue weighted by Gasteiger charge is 2.14. The fourth-order valence-electron chi connectivity index (χ4n) is 2.30. The van der Waals surface area contributed by atoms with E-state index in [2.05, 4.69) is 5.32 Å². The average Bonchev–Trinajstić information content (AvgIpc) is 2.39. The summed E-state index contributed by atoms with van der Waals surface area (Å²) in [5.41, 5.74) is 0.796. The maximum atomic E-state index is 11.8. The minimum atomic E-state index is -0.0575. The first-order valence-electron chi connectivity index (χ1n) is 6.59. The highest BCUT2D eigenvalue weighted by Crippen LogP contribution is 2.22. The van der Waals surface area contributed by atoms with Gasteiger partial charge in [0.15, 0.2) is 0 Å². The molecule has 102 valence electrons. The third-order valence-corrected chi connectivity index (χ3v) is 3.89. The number of benzene rings is 1. The lowest BCUT2D eigenvalue weighted by molar-refractivity contribution is -0.117. The molecule has 19 heavy (non-hydrogen) atoms. The lowest BCUT2D eigenvalue weighted by atomic mass is 9.95. The number of amides is 1. The summed E-state index contributed by atoms with van der Waals surface area (Å²) < 4.78 is 0. The van der Waals surface area contributed by atoms with Gasteiger partial charge in [-0.3, -0.25) is 4.79 Å². The Morgan fingerprint density at radius 3 is 2.63 bits per heavy atom. The molecular weight excluding hydrogens is 281 g/mol. The van der Waals surface area contributed by atoms with Gasteiger partial charge in [-0.05, 0) is 36.6 Å². The van der Waals surface area contributed by atoms with Crippen LogP contribution >= 0.6 is 23.2 Å². The van der Waals surface area contributed by atoms with Crippen LogP contribution in [0.1, 0.15) is 37.7 Å². The van der Waals surface area contributed by atoms with Crippen LogP contribution in [0.4, 0.5) is 0 Å². The van der Waals surface area contributed by atoms with Crippen molar-refractivity contribution in [2.24, 2.45) is 0 Å². The van der Waals surface area contributed by atoms with Crippen molar-refractivity contribution >= 4 is 35.2 Å². The van der Waals surface area contributed by atoms with Crippen molar-refractivity contribution in [3.63, 3.8) is 0 Å². The first-order chi connectivity index (χ1) is 9.15.